The molecule has 0 spiro atoms. The maximum Gasteiger partial charge on any atom is 0.0445 e. The summed E-state index contributed by atoms with van der Waals surface area (Å²) in [5.74, 6) is 0. The van der Waals surface area contributed by atoms with Crippen LogP contribution in [0.15, 0.2) is 22.7 Å². The van der Waals surface area contributed by atoms with Crippen LogP contribution in [0.1, 0.15) is 17.2 Å². The molecule has 3 N–H and O–H groups in total. The molecule has 1 rings (SSSR count). The van der Waals surface area contributed by atoms with Gasteiger partial charge in [-0.15, -0.1) is 0 Å². The van der Waals surface area contributed by atoms with Crippen molar-refractivity contribution in [3.8, 4) is 0 Å². The number of aryl methyl sites for hydroxylation is 1. The Balaban J connectivity index is 2.62. The van der Waals surface area contributed by atoms with Crippen LogP contribution in [0.3, 0.4) is 0 Å². The second-order valence-electron chi connectivity index (χ2n) is 4.55. The van der Waals surface area contributed by atoms with Crippen LogP contribution in [0.25, 0.3) is 0 Å². The Kier molecular flexibility index (Phi) is 6.12. The minimum absolute atomic E-state index is 0.229. The first kappa shape index (κ1) is 14.6. The summed E-state index contributed by atoms with van der Waals surface area (Å²) in [5, 5.41) is 3.48. The maximum absolute atomic E-state index is 5.82. The molecule has 0 saturated carbocycles. The van der Waals surface area contributed by atoms with E-state index in [4.69, 9.17) is 5.73 Å². The minimum Gasteiger partial charge on any atom is -0.329 e. The van der Waals surface area contributed by atoms with Gasteiger partial charge < -0.3 is 16.0 Å². The van der Waals surface area contributed by atoms with E-state index >= 15 is 0 Å². The van der Waals surface area contributed by atoms with E-state index in [0.29, 0.717) is 6.54 Å². The summed E-state index contributed by atoms with van der Waals surface area (Å²) >= 11 is 3.56. The molecule has 4 heteroatoms. The predicted molar refractivity (Wildman–Crippen MR) is 77.2 cm³/mol. The molecule has 1 aromatic rings. The van der Waals surface area contributed by atoms with Gasteiger partial charge in [-0.3, -0.25) is 0 Å². The summed E-state index contributed by atoms with van der Waals surface area (Å²) in [7, 11) is 4.14. The molecule has 0 bridgehead atoms. The van der Waals surface area contributed by atoms with Crippen LogP contribution in [-0.2, 0) is 0 Å². The van der Waals surface area contributed by atoms with Gasteiger partial charge in [-0.05, 0) is 38.2 Å². The monoisotopic (exact) mass is 299 g/mol. The Hall–Kier alpha value is -0.420. The Morgan fingerprint density at radius 3 is 2.65 bits per heavy atom. The number of benzene rings is 1. The van der Waals surface area contributed by atoms with Crippen molar-refractivity contribution in [2.24, 2.45) is 5.73 Å². The van der Waals surface area contributed by atoms with E-state index in [-0.39, 0.29) is 6.04 Å². The van der Waals surface area contributed by atoms with Crippen molar-refractivity contribution in [1.29, 1.82) is 0 Å². The molecule has 1 atom stereocenters. The largest absolute Gasteiger partial charge is 0.329 e. The molecule has 0 amide bonds. The van der Waals surface area contributed by atoms with Gasteiger partial charge >= 0.3 is 0 Å². The quantitative estimate of drug-likeness (QED) is 0.843. The van der Waals surface area contributed by atoms with E-state index in [1.54, 1.807) is 0 Å². The van der Waals surface area contributed by atoms with Gasteiger partial charge in [-0.1, -0.05) is 28.1 Å². The minimum atomic E-state index is 0.229. The van der Waals surface area contributed by atoms with Crippen molar-refractivity contribution in [2.75, 3.05) is 33.7 Å². The van der Waals surface area contributed by atoms with E-state index in [1.807, 2.05) is 0 Å². The lowest BCUT2D eigenvalue weighted by atomic mass is 10.1. The van der Waals surface area contributed by atoms with Crippen molar-refractivity contribution in [3.63, 3.8) is 0 Å². The highest BCUT2D eigenvalue weighted by Crippen LogP contribution is 2.21. The van der Waals surface area contributed by atoms with Gasteiger partial charge in [0.1, 0.15) is 0 Å². The van der Waals surface area contributed by atoms with Crippen LogP contribution in [-0.4, -0.2) is 38.6 Å². The van der Waals surface area contributed by atoms with Gasteiger partial charge in [0.05, 0.1) is 0 Å². The summed E-state index contributed by atoms with van der Waals surface area (Å²) in [6.07, 6.45) is 0. The van der Waals surface area contributed by atoms with Gasteiger partial charge in [0.2, 0.25) is 0 Å². The topological polar surface area (TPSA) is 41.3 Å². The van der Waals surface area contributed by atoms with Gasteiger partial charge in [0.15, 0.2) is 0 Å². The fourth-order valence-electron chi connectivity index (χ4n) is 1.63. The molecule has 0 aliphatic rings. The van der Waals surface area contributed by atoms with E-state index in [2.05, 4.69) is 65.4 Å². The molecule has 17 heavy (non-hydrogen) atoms. The zero-order valence-corrected chi connectivity index (χ0v) is 12.4. The van der Waals surface area contributed by atoms with Gasteiger partial charge in [0, 0.05) is 30.1 Å². The summed E-state index contributed by atoms with van der Waals surface area (Å²) < 4.78 is 1.14. The Morgan fingerprint density at radius 2 is 2.12 bits per heavy atom. The van der Waals surface area contributed by atoms with Crippen molar-refractivity contribution >= 4 is 15.9 Å². The highest BCUT2D eigenvalue weighted by molar-refractivity contribution is 9.10. The van der Waals surface area contributed by atoms with E-state index in [9.17, 15) is 0 Å². The number of rotatable bonds is 6. The standard InChI is InChI=1S/C13H22BrN3/c1-10-4-5-11(8-12(10)14)13(9-15)16-6-7-17(2)3/h4-5,8,13,16H,6-7,9,15H2,1-3H3. The molecular formula is C13H22BrN3. The van der Waals surface area contributed by atoms with E-state index in [1.165, 1.54) is 11.1 Å². The highest BCUT2D eigenvalue weighted by atomic mass is 79.9. The molecule has 0 aliphatic carbocycles. The van der Waals surface area contributed by atoms with Crippen LogP contribution < -0.4 is 11.1 Å². The molecule has 0 heterocycles. The number of hydrogen-bond donors (Lipinski definition) is 2. The van der Waals surface area contributed by atoms with Crippen LogP contribution in [0.4, 0.5) is 0 Å². The fourth-order valence-corrected chi connectivity index (χ4v) is 2.02. The Bertz CT molecular complexity index is 353. The number of nitrogens with zero attached hydrogens (tertiary/aromatic N) is 1. The van der Waals surface area contributed by atoms with Gasteiger partial charge in [-0.2, -0.15) is 0 Å². The lowest BCUT2D eigenvalue weighted by Gasteiger charge is -2.19. The molecule has 0 fully saturated rings. The lowest BCUT2D eigenvalue weighted by molar-refractivity contribution is 0.385. The van der Waals surface area contributed by atoms with Crippen LogP contribution >= 0.6 is 15.9 Å². The number of likely N-dealkylation sites (N-methyl/N-ethyl adjacent to an activating group) is 1. The lowest BCUT2D eigenvalue weighted by Crippen LogP contribution is -2.33. The summed E-state index contributed by atoms with van der Waals surface area (Å²) in [5.41, 5.74) is 8.31. The van der Waals surface area contributed by atoms with Crippen molar-refractivity contribution in [3.05, 3.63) is 33.8 Å². The zero-order chi connectivity index (χ0) is 12.8. The van der Waals surface area contributed by atoms with Crippen molar-refractivity contribution in [2.45, 2.75) is 13.0 Å². The molecule has 0 saturated heterocycles. The average molecular weight is 300 g/mol. The summed E-state index contributed by atoms with van der Waals surface area (Å²) in [6, 6.07) is 6.64. The van der Waals surface area contributed by atoms with E-state index in [0.717, 1.165) is 17.6 Å². The second-order valence-corrected chi connectivity index (χ2v) is 5.41. The number of halogens is 1. The molecular weight excluding hydrogens is 278 g/mol. The third kappa shape index (κ3) is 4.76. The van der Waals surface area contributed by atoms with Gasteiger partial charge in [0.25, 0.3) is 0 Å². The normalized spacial score (nSPS) is 13.1. The highest BCUT2D eigenvalue weighted by Gasteiger charge is 2.09. The molecule has 0 aromatic heterocycles. The smallest absolute Gasteiger partial charge is 0.0445 e. The third-order valence-corrected chi connectivity index (χ3v) is 3.64. The van der Waals surface area contributed by atoms with Crippen LogP contribution in [0, 0.1) is 6.92 Å². The average Bonchev–Trinajstić information content (AvgIpc) is 2.28. The predicted octanol–water partition coefficient (Wildman–Crippen LogP) is 1.91. The van der Waals surface area contributed by atoms with Crippen molar-refractivity contribution in [1.82, 2.24) is 10.2 Å². The molecule has 3 nitrogen and oxygen atoms in total. The molecule has 0 radical (unpaired) electrons. The van der Waals surface area contributed by atoms with Crippen molar-refractivity contribution < 1.29 is 0 Å². The zero-order valence-electron chi connectivity index (χ0n) is 10.8. The summed E-state index contributed by atoms with van der Waals surface area (Å²) in [6.45, 7) is 4.66. The first-order valence-electron chi connectivity index (χ1n) is 5.89. The third-order valence-electron chi connectivity index (χ3n) is 2.78. The summed E-state index contributed by atoms with van der Waals surface area (Å²) in [4.78, 5) is 2.16. The Labute approximate surface area is 113 Å². The molecule has 0 aliphatic heterocycles. The molecule has 1 aromatic carbocycles. The van der Waals surface area contributed by atoms with Gasteiger partial charge in [-0.25, -0.2) is 0 Å². The first-order chi connectivity index (χ1) is 8.04. The first-order valence-corrected chi connectivity index (χ1v) is 6.68. The van der Waals surface area contributed by atoms with Crippen LogP contribution in [0.2, 0.25) is 0 Å². The Morgan fingerprint density at radius 1 is 1.41 bits per heavy atom. The van der Waals surface area contributed by atoms with Crippen LogP contribution in [0.5, 0.6) is 0 Å². The molecule has 96 valence electrons. The molecule has 1 unspecified atom stereocenters. The van der Waals surface area contributed by atoms with E-state index < -0.39 is 0 Å². The number of nitrogens with one attached hydrogen (secondary N) is 1. The fraction of sp³-hybridized carbons (Fsp3) is 0.538. The number of nitrogens with two attached hydrogens (primary N) is 1. The second kappa shape index (κ2) is 7.11. The number of hydrogen-bond acceptors (Lipinski definition) is 3. The maximum atomic E-state index is 5.82. The SMILES string of the molecule is Cc1ccc(C(CN)NCCN(C)C)cc1Br.